The van der Waals surface area contributed by atoms with Crippen LogP contribution in [0.1, 0.15) is 44.9 Å². The van der Waals surface area contributed by atoms with Gasteiger partial charge in [-0.2, -0.15) is 0 Å². The summed E-state index contributed by atoms with van der Waals surface area (Å²) in [7, 11) is 0. The first-order valence-corrected chi connectivity index (χ1v) is 7.82. The number of aliphatic hydroxyl groups excluding tert-OH is 1. The van der Waals surface area contributed by atoms with Crippen molar-refractivity contribution < 1.29 is 9.84 Å². The highest BCUT2D eigenvalue weighted by atomic mass is 79.9. The lowest BCUT2D eigenvalue weighted by Crippen LogP contribution is -2.10. The average Bonchev–Trinajstić information content (AvgIpc) is 2.37. The van der Waals surface area contributed by atoms with E-state index in [1.165, 1.54) is 5.56 Å². The van der Waals surface area contributed by atoms with Gasteiger partial charge in [-0.3, -0.25) is 0 Å². The first-order chi connectivity index (χ1) is 9.77. The van der Waals surface area contributed by atoms with Crippen LogP contribution in [0.15, 0.2) is 46.9 Å². The van der Waals surface area contributed by atoms with Gasteiger partial charge in [0.15, 0.2) is 0 Å². The van der Waals surface area contributed by atoms with Crippen LogP contribution in [0, 0.1) is 0 Å². The van der Waals surface area contributed by atoms with Crippen molar-refractivity contribution in [1.29, 1.82) is 0 Å². The maximum absolute atomic E-state index is 9.64. The molecule has 0 saturated heterocycles. The minimum Gasteiger partial charge on any atom is -0.457 e. The van der Waals surface area contributed by atoms with Gasteiger partial charge in [0.1, 0.15) is 11.5 Å². The minimum absolute atomic E-state index is 0.0934. The summed E-state index contributed by atoms with van der Waals surface area (Å²) >= 11 is 3.47. The Morgan fingerprint density at radius 1 is 1.05 bits per heavy atom. The molecule has 0 saturated carbocycles. The van der Waals surface area contributed by atoms with E-state index in [2.05, 4.69) is 48.8 Å². The summed E-state index contributed by atoms with van der Waals surface area (Å²) < 4.78 is 6.77. The highest BCUT2D eigenvalue weighted by Gasteiger charge is 2.14. The van der Waals surface area contributed by atoms with Gasteiger partial charge in [-0.25, -0.2) is 0 Å². The zero-order valence-electron chi connectivity index (χ0n) is 12.9. The van der Waals surface area contributed by atoms with E-state index >= 15 is 0 Å². The summed E-state index contributed by atoms with van der Waals surface area (Å²) in [6.45, 7) is 8.29. The molecule has 1 atom stereocenters. The fraction of sp³-hybridized carbons (Fsp3) is 0.333. The third-order valence-electron chi connectivity index (χ3n) is 3.36. The van der Waals surface area contributed by atoms with Crippen LogP contribution in [0.3, 0.4) is 0 Å². The summed E-state index contributed by atoms with van der Waals surface area (Å²) in [5, 5.41) is 9.64. The van der Waals surface area contributed by atoms with Crippen LogP contribution >= 0.6 is 15.9 Å². The van der Waals surface area contributed by atoms with E-state index < -0.39 is 6.10 Å². The van der Waals surface area contributed by atoms with Gasteiger partial charge in [-0.05, 0) is 47.7 Å². The Labute approximate surface area is 134 Å². The zero-order chi connectivity index (χ0) is 15.6. The molecule has 0 heterocycles. The number of benzene rings is 2. The number of rotatable bonds is 3. The molecule has 2 rings (SSSR count). The molecular formula is C18H21BrO2. The molecule has 0 fully saturated rings. The van der Waals surface area contributed by atoms with Crippen LogP contribution in [-0.2, 0) is 5.41 Å². The van der Waals surface area contributed by atoms with Crippen molar-refractivity contribution in [1.82, 2.24) is 0 Å². The SMILES string of the molecule is C[C@H](O)c1ccc(Oc2cccc(C(C)(C)C)c2)cc1Br. The molecule has 3 heteroatoms. The van der Waals surface area contributed by atoms with Gasteiger partial charge in [-0.15, -0.1) is 0 Å². The maximum Gasteiger partial charge on any atom is 0.128 e. The van der Waals surface area contributed by atoms with Crippen LogP contribution in [-0.4, -0.2) is 5.11 Å². The first kappa shape index (κ1) is 16.1. The summed E-state index contributed by atoms with van der Waals surface area (Å²) in [5.41, 5.74) is 2.18. The highest BCUT2D eigenvalue weighted by Crippen LogP contribution is 2.32. The van der Waals surface area contributed by atoms with E-state index in [1.807, 2.05) is 30.3 Å². The summed E-state index contributed by atoms with van der Waals surface area (Å²) in [6, 6.07) is 13.8. The molecule has 0 aliphatic heterocycles. The van der Waals surface area contributed by atoms with E-state index in [0.717, 1.165) is 21.5 Å². The van der Waals surface area contributed by atoms with Crippen molar-refractivity contribution in [3.63, 3.8) is 0 Å². The molecule has 1 N–H and O–H groups in total. The normalized spacial score (nSPS) is 13.0. The summed E-state index contributed by atoms with van der Waals surface area (Å²) in [6.07, 6.45) is -0.502. The number of ether oxygens (including phenoxy) is 1. The van der Waals surface area contributed by atoms with Crippen molar-refractivity contribution in [3.8, 4) is 11.5 Å². The molecule has 0 spiro atoms. The molecule has 2 aromatic carbocycles. The molecule has 0 bridgehead atoms. The van der Waals surface area contributed by atoms with E-state index in [4.69, 9.17) is 4.74 Å². The molecule has 2 nitrogen and oxygen atoms in total. The quantitative estimate of drug-likeness (QED) is 0.782. The number of aliphatic hydroxyl groups is 1. The monoisotopic (exact) mass is 348 g/mol. The maximum atomic E-state index is 9.64. The number of hydrogen-bond donors (Lipinski definition) is 1. The predicted molar refractivity (Wildman–Crippen MR) is 90.0 cm³/mol. The van der Waals surface area contributed by atoms with Crippen LogP contribution in [0.4, 0.5) is 0 Å². The largest absolute Gasteiger partial charge is 0.457 e. The molecule has 112 valence electrons. The Morgan fingerprint density at radius 3 is 2.29 bits per heavy atom. The van der Waals surface area contributed by atoms with Crippen LogP contribution in [0.25, 0.3) is 0 Å². The van der Waals surface area contributed by atoms with E-state index in [9.17, 15) is 5.11 Å². The molecule has 0 amide bonds. The Kier molecular flexibility index (Phi) is 4.74. The van der Waals surface area contributed by atoms with Crippen LogP contribution in [0.5, 0.6) is 11.5 Å². The van der Waals surface area contributed by atoms with Gasteiger partial charge in [0, 0.05) is 4.47 Å². The number of hydrogen-bond acceptors (Lipinski definition) is 2. The molecule has 0 radical (unpaired) electrons. The van der Waals surface area contributed by atoms with E-state index in [0.29, 0.717) is 0 Å². The third kappa shape index (κ3) is 4.08. The molecule has 0 unspecified atom stereocenters. The Morgan fingerprint density at radius 2 is 1.71 bits per heavy atom. The molecular weight excluding hydrogens is 328 g/mol. The smallest absolute Gasteiger partial charge is 0.128 e. The molecule has 21 heavy (non-hydrogen) atoms. The van der Waals surface area contributed by atoms with Crippen molar-refractivity contribution in [2.24, 2.45) is 0 Å². The minimum atomic E-state index is -0.502. The zero-order valence-corrected chi connectivity index (χ0v) is 14.4. The highest BCUT2D eigenvalue weighted by molar-refractivity contribution is 9.10. The Hall–Kier alpha value is -1.32. The van der Waals surface area contributed by atoms with Crippen molar-refractivity contribution >= 4 is 15.9 Å². The lowest BCUT2D eigenvalue weighted by molar-refractivity contribution is 0.198. The molecule has 0 aliphatic carbocycles. The summed E-state index contributed by atoms with van der Waals surface area (Å²) in [4.78, 5) is 0. The second kappa shape index (κ2) is 6.20. The third-order valence-corrected chi connectivity index (χ3v) is 4.04. The molecule has 0 aliphatic rings. The van der Waals surface area contributed by atoms with Gasteiger partial charge in [0.25, 0.3) is 0 Å². The Balaban J connectivity index is 2.25. The molecule has 2 aromatic rings. The van der Waals surface area contributed by atoms with Crippen molar-refractivity contribution in [2.45, 2.75) is 39.2 Å². The topological polar surface area (TPSA) is 29.5 Å². The Bertz CT molecular complexity index is 627. The second-order valence-electron chi connectivity index (χ2n) is 6.24. The summed E-state index contributed by atoms with van der Waals surface area (Å²) in [5.74, 6) is 1.57. The van der Waals surface area contributed by atoms with Gasteiger partial charge >= 0.3 is 0 Å². The lowest BCUT2D eigenvalue weighted by atomic mass is 9.87. The fourth-order valence-electron chi connectivity index (χ4n) is 2.07. The average molecular weight is 349 g/mol. The first-order valence-electron chi connectivity index (χ1n) is 7.03. The second-order valence-corrected chi connectivity index (χ2v) is 7.09. The number of halogens is 1. The molecule has 0 aromatic heterocycles. The van der Waals surface area contributed by atoms with Gasteiger partial charge < -0.3 is 9.84 Å². The lowest BCUT2D eigenvalue weighted by Gasteiger charge is -2.20. The van der Waals surface area contributed by atoms with Crippen molar-refractivity contribution in [3.05, 3.63) is 58.1 Å². The van der Waals surface area contributed by atoms with Crippen LogP contribution in [0.2, 0.25) is 0 Å². The predicted octanol–water partition coefficient (Wildman–Crippen LogP) is 5.59. The van der Waals surface area contributed by atoms with E-state index in [-0.39, 0.29) is 5.41 Å². The van der Waals surface area contributed by atoms with Gasteiger partial charge in [-0.1, -0.05) is 54.9 Å². The van der Waals surface area contributed by atoms with Gasteiger partial charge in [0.05, 0.1) is 6.10 Å². The fourth-order valence-corrected chi connectivity index (χ4v) is 2.76. The standard InChI is InChI=1S/C18H21BrO2/c1-12(20)16-9-8-15(11-17(16)19)21-14-7-5-6-13(10-14)18(2,3)4/h5-12,20H,1-4H3/t12-/m0/s1. The van der Waals surface area contributed by atoms with E-state index in [1.54, 1.807) is 6.92 Å². The van der Waals surface area contributed by atoms with Crippen molar-refractivity contribution in [2.75, 3.05) is 0 Å². The van der Waals surface area contributed by atoms with Crippen LogP contribution < -0.4 is 4.74 Å². The van der Waals surface area contributed by atoms with Gasteiger partial charge in [0.2, 0.25) is 0 Å².